The fourth-order valence-electron chi connectivity index (χ4n) is 2.32. The van der Waals surface area contributed by atoms with Crippen molar-refractivity contribution in [2.75, 3.05) is 0 Å². The predicted octanol–water partition coefficient (Wildman–Crippen LogP) is 3.23. The topological polar surface area (TPSA) is 78.5 Å². The molecule has 0 bridgehead atoms. The minimum atomic E-state index is -0.483. The fraction of sp³-hybridized carbons (Fsp3) is 0.450. The van der Waals surface area contributed by atoms with Gasteiger partial charge in [-0.05, 0) is 24.3 Å². The van der Waals surface area contributed by atoms with Gasteiger partial charge in [-0.1, -0.05) is 63.6 Å². The summed E-state index contributed by atoms with van der Waals surface area (Å²) in [6.07, 6.45) is 5.87. The minimum absolute atomic E-state index is 0.00451. The van der Waals surface area contributed by atoms with E-state index in [0.29, 0.717) is 6.42 Å². The molecule has 0 heterocycles. The minimum Gasteiger partial charge on any atom is -0.273 e. The Morgan fingerprint density at radius 1 is 1.04 bits per heavy atom. The first-order valence-electron chi connectivity index (χ1n) is 9.12. The van der Waals surface area contributed by atoms with Crippen molar-refractivity contribution >= 4 is 17.7 Å². The standard InChI is InChI=1S/C20H29N3O3/c1-4-6-8-14-20(26)23(21-18(24)11-5-2)22-19(25)15-16(3)17-12-9-7-10-13-17/h7-10,12-14,16H,4-6,11,15H2,1-3H3,(H,21,24)(H,22,25). The monoisotopic (exact) mass is 359 g/mol. The van der Waals surface area contributed by atoms with Crippen molar-refractivity contribution in [1.29, 1.82) is 0 Å². The number of carbonyl (C=O) groups excluding carboxylic acids is 3. The molecule has 1 unspecified atom stereocenters. The number of hydrazine groups is 2. The number of nitrogens with one attached hydrogen (secondary N) is 2. The van der Waals surface area contributed by atoms with E-state index in [1.165, 1.54) is 6.08 Å². The molecule has 0 fully saturated rings. The van der Waals surface area contributed by atoms with Crippen molar-refractivity contribution < 1.29 is 14.4 Å². The number of benzene rings is 1. The molecule has 0 saturated carbocycles. The van der Waals surface area contributed by atoms with Gasteiger partial charge in [0.2, 0.25) is 11.8 Å². The molecule has 0 aliphatic carbocycles. The van der Waals surface area contributed by atoms with Crippen LogP contribution in [-0.2, 0) is 14.4 Å². The Morgan fingerprint density at radius 2 is 1.69 bits per heavy atom. The Balaban J connectivity index is 2.71. The van der Waals surface area contributed by atoms with E-state index >= 15 is 0 Å². The molecule has 0 aliphatic rings. The molecule has 26 heavy (non-hydrogen) atoms. The lowest BCUT2D eigenvalue weighted by Crippen LogP contribution is -2.55. The third kappa shape index (κ3) is 7.96. The lowest BCUT2D eigenvalue weighted by molar-refractivity contribution is -0.147. The van der Waals surface area contributed by atoms with Crippen LogP contribution in [0.1, 0.15) is 64.4 Å². The van der Waals surface area contributed by atoms with E-state index in [1.54, 1.807) is 6.08 Å². The predicted molar refractivity (Wildman–Crippen MR) is 102 cm³/mol. The van der Waals surface area contributed by atoms with E-state index in [1.807, 2.05) is 51.1 Å². The highest BCUT2D eigenvalue weighted by Crippen LogP contribution is 2.18. The highest BCUT2D eigenvalue weighted by molar-refractivity contribution is 5.91. The molecule has 142 valence electrons. The van der Waals surface area contributed by atoms with Gasteiger partial charge in [-0.2, -0.15) is 5.12 Å². The smallest absolute Gasteiger partial charge is 0.273 e. The zero-order valence-electron chi connectivity index (χ0n) is 15.8. The Bertz CT molecular complexity index is 614. The van der Waals surface area contributed by atoms with Gasteiger partial charge in [-0.25, -0.2) is 10.9 Å². The number of carbonyl (C=O) groups is 3. The molecular weight excluding hydrogens is 330 g/mol. The van der Waals surface area contributed by atoms with Gasteiger partial charge in [0, 0.05) is 18.9 Å². The largest absolute Gasteiger partial charge is 0.284 e. The molecule has 0 radical (unpaired) electrons. The van der Waals surface area contributed by atoms with Crippen LogP contribution in [0.4, 0.5) is 0 Å². The summed E-state index contributed by atoms with van der Waals surface area (Å²) in [6.45, 7) is 5.81. The fourth-order valence-corrected chi connectivity index (χ4v) is 2.32. The van der Waals surface area contributed by atoms with Crippen molar-refractivity contribution in [2.24, 2.45) is 0 Å². The van der Waals surface area contributed by atoms with Crippen LogP contribution in [0, 0.1) is 0 Å². The molecule has 6 nitrogen and oxygen atoms in total. The van der Waals surface area contributed by atoms with Crippen LogP contribution in [0.3, 0.4) is 0 Å². The second-order valence-electron chi connectivity index (χ2n) is 6.20. The molecule has 3 amide bonds. The van der Waals surface area contributed by atoms with Gasteiger partial charge in [0.05, 0.1) is 0 Å². The van der Waals surface area contributed by atoms with Gasteiger partial charge in [0.1, 0.15) is 0 Å². The number of rotatable bonds is 8. The van der Waals surface area contributed by atoms with Crippen molar-refractivity contribution in [2.45, 2.75) is 58.8 Å². The summed E-state index contributed by atoms with van der Waals surface area (Å²) in [4.78, 5) is 36.4. The van der Waals surface area contributed by atoms with Crippen molar-refractivity contribution in [1.82, 2.24) is 16.0 Å². The van der Waals surface area contributed by atoms with Gasteiger partial charge in [0.15, 0.2) is 0 Å². The zero-order valence-corrected chi connectivity index (χ0v) is 15.8. The number of amides is 3. The number of allylic oxidation sites excluding steroid dienone is 1. The van der Waals surface area contributed by atoms with E-state index in [4.69, 9.17) is 0 Å². The molecule has 2 N–H and O–H groups in total. The molecule has 1 aromatic rings. The average molecular weight is 359 g/mol. The normalized spacial score (nSPS) is 11.8. The molecule has 0 saturated heterocycles. The average Bonchev–Trinajstić information content (AvgIpc) is 2.62. The molecule has 0 aliphatic heterocycles. The van der Waals surface area contributed by atoms with Crippen LogP contribution >= 0.6 is 0 Å². The summed E-state index contributed by atoms with van der Waals surface area (Å²) in [5.74, 6) is -1.14. The number of unbranched alkanes of at least 4 members (excludes halogenated alkanes) is 1. The van der Waals surface area contributed by atoms with E-state index < -0.39 is 5.91 Å². The van der Waals surface area contributed by atoms with E-state index in [0.717, 1.165) is 23.5 Å². The first kappa shape index (κ1) is 21.4. The maximum Gasteiger partial charge on any atom is 0.284 e. The molecule has 1 aromatic carbocycles. The summed E-state index contributed by atoms with van der Waals surface area (Å²) in [6, 6.07) is 9.67. The first-order chi connectivity index (χ1) is 12.5. The van der Waals surface area contributed by atoms with Crippen LogP contribution in [-0.4, -0.2) is 22.8 Å². The Labute approximate surface area is 155 Å². The quantitative estimate of drug-likeness (QED) is 0.552. The molecular formula is C20H29N3O3. The van der Waals surface area contributed by atoms with Crippen molar-refractivity contribution in [3.05, 3.63) is 48.0 Å². The number of hydrogen-bond acceptors (Lipinski definition) is 3. The molecule has 1 rings (SSSR count). The zero-order chi connectivity index (χ0) is 19.4. The lowest BCUT2D eigenvalue weighted by Gasteiger charge is -2.23. The summed E-state index contributed by atoms with van der Waals surface area (Å²) >= 11 is 0. The van der Waals surface area contributed by atoms with Crippen LogP contribution in [0.25, 0.3) is 0 Å². The maximum absolute atomic E-state index is 12.3. The van der Waals surface area contributed by atoms with Crippen LogP contribution in [0.15, 0.2) is 42.5 Å². The SMILES string of the molecule is CCCC=CC(=O)N(NC(=O)CCC)NC(=O)CC(C)c1ccccc1. The van der Waals surface area contributed by atoms with Crippen LogP contribution in [0.2, 0.25) is 0 Å². The molecule has 0 spiro atoms. The lowest BCUT2D eigenvalue weighted by atomic mass is 9.98. The van der Waals surface area contributed by atoms with Gasteiger partial charge >= 0.3 is 0 Å². The highest BCUT2D eigenvalue weighted by Gasteiger charge is 2.18. The Hall–Kier alpha value is -2.63. The van der Waals surface area contributed by atoms with Gasteiger partial charge in [0.25, 0.3) is 5.91 Å². The third-order valence-corrected chi connectivity index (χ3v) is 3.75. The Morgan fingerprint density at radius 3 is 2.31 bits per heavy atom. The summed E-state index contributed by atoms with van der Waals surface area (Å²) in [5, 5.41) is 0.879. The van der Waals surface area contributed by atoms with Gasteiger partial charge in [-0.3, -0.25) is 14.4 Å². The number of hydrogen-bond donors (Lipinski definition) is 2. The molecule has 0 aromatic heterocycles. The molecule has 6 heteroatoms. The van der Waals surface area contributed by atoms with Crippen LogP contribution in [0.5, 0.6) is 0 Å². The van der Waals surface area contributed by atoms with Crippen LogP contribution < -0.4 is 10.9 Å². The number of nitrogens with zero attached hydrogens (tertiary/aromatic N) is 1. The maximum atomic E-state index is 12.3. The van der Waals surface area contributed by atoms with Gasteiger partial charge < -0.3 is 0 Å². The summed E-state index contributed by atoms with van der Waals surface area (Å²) in [5.41, 5.74) is 5.99. The highest BCUT2D eigenvalue weighted by atomic mass is 16.2. The third-order valence-electron chi connectivity index (χ3n) is 3.75. The Kier molecular flexibility index (Phi) is 9.75. The van der Waals surface area contributed by atoms with E-state index in [-0.39, 0.29) is 30.6 Å². The molecule has 1 atom stereocenters. The van der Waals surface area contributed by atoms with E-state index in [2.05, 4.69) is 10.9 Å². The van der Waals surface area contributed by atoms with Gasteiger partial charge in [-0.15, -0.1) is 0 Å². The first-order valence-corrected chi connectivity index (χ1v) is 9.12. The van der Waals surface area contributed by atoms with Crippen molar-refractivity contribution in [3.63, 3.8) is 0 Å². The summed E-state index contributed by atoms with van der Waals surface area (Å²) in [7, 11) is 0. The second kappa shape index (κ2) is 11.8. The summed E-state index contributed by atoms with van der Waals surface area (Å²) < 4.78 is 0. The van der Waals surface area contributed by atoms with E-state index in [9.17, 15) is 14.4 Å². The second-order valence-corrected chi connectivity index (χ2v) is 6.20. The van der Waals surface area contributed by atoms with Crippen molar-refractivity contribution in [3.8, 4) is 0 Å².